The lowest BCUT2D eigenvalue weighted by Gasteiger charge is -2.30. The Balaban J connectivity index is 1.69. The molecule has 1 saturated carbocycles. The van der Waals surface area contributed by atoms with Gasteiger partial charge in [0.25, 0.3) is 0 Å². The highest BCUT2D eigenvalue weighted by molar-refractivity contribution is 5.74. The topological polar surface area (TPSA) is 93.2 Å². The summed E-state index contributed by atoms with van der Waals surface area (Å²) in [6.07, 6.45) is 4.17. The van der Waals surface area contributed by atoms with Crippen molar-refractivity contribution in [2.75, 3.05) is 13.7 Å². The Bertz CT molecular complexity index is 867. The van der Waals surface area contributed by atoms with Crippen molar-refractivity contribution in [1.29, 1.82) is 0 Å². The van der Waals surface area contributed by atoms with Crippen LogP contribution in [0.1, 0.15) is 56.5 Å². The summed E-state index contributed by atoms with van der Waals surface area (Å²) in [5, 5.41) is 7.68. The second-order valence-electron chi connectivity index (χ2n) is 8.10. The zero-order valence-electron chi connectivity index (χ0n) is 16.2. The first-order valence-corrected chi connectivity index (χ1v) is 9.30. The minimum atomic E-state index is -0.522. The van der Waals surface area contributed by atoms with E-state index in [0.29, 0.717) is 31.3 Å². The summed E-state index contributed by atoms with van der Waals surface area (Å²) >= 11 is 0. The number of hydrogen-bond donors (Lipinski definition) is 1. The number of nitrogens with zero attached hydrogens (tertiary/aromatic N) is 4. The average molecular weight is 371 g/mol. The van der Waals surface area contributed by atoms with Gasteiger partial charge in [0, 0.05) is 30.1 Å². The van der Waals surface area contributed by atoms with Crippen LogP contribution in [0.3, 0.4) is 0 Å². The van der Waals surface area contributed by atoms with Gasteiger partial charge < -0.3 is 14.4 Å². The van der Waals surface area contributed by atoms with Crippen molar-refractivity contribution in [3.8, 4) is 17.1 Å². The molecule has 2 aromatic rings. The summed E-state index contributed by atoms with van der Waals surface area (Å²) < 4.78 is 11.0. The molecule has 1 N–H and O–H groups in total. The fourth-order valence-electron chi connectivity index (χ4n) is 3.41. The van der Waals surface area contributed by atoms with Gasteiger partial charge in [0.1, 0.15) is 17.6 Å². The Hall–Kier alpha value is -2.64. The van der Waals surface area contributed by atoms with Crippen LogP contribution in [0, 0.1) is 0 Å². The molecule has 0 aromatic carbocycles. The maximum Gasteiger partial charge on any atom is 0.410 e. The molecule has 27 heavy (non-hydrogen) atoms. The molecule has 3 heterocycles. The smallest absolute Gasteiger partial charge is 0.410 e. The zero-order chi connectivity index (χ0) is 19.2. The number of hydrogen-bond acceptors (Lipinski definition) is 6. The number of nitrogens with one attached hydrogen (secondary N) is 1. The van der Waals surface area contributed by atoms with Gasteiger partial charge in [-0.3, -0.25) is 5.10 Å². The molecule has 2 aliphatic rings. The summed E-state index contributed by atoms with van der Waals surface area (Å²) in [6, 6.07) is 0. The van der Waals surface area contributed by atoms with Crippen molar-refractivity contribution in [2.24, 2.45) is 0 Å². The molecule has 1 aliphatic carbocycles. The van der Waals surface area contributed by atoms with E-state index in [1.165, 1.54) is 0 Å². The summed E-state index contributed by atoms with van der Waals surface area (Å²) in [6.45, 7) is 6.66. The predicted molar refractivity (Wildman–Crippen MR) is 98.5 cm³/mol. The number of aromatic nitrogens is 4. The Morgan fingerprint density at radius 3 is 2.74 bits per heavy atom. The highest BCUT2D eigenvalue weighted by atomic mass is 16.6. The van der Waals surface area contributed by atoms with Gasteiger partial charge >= 0.3 is 6.09 Å². The van der Waals surface area contributed by atoms with Gasteiger partial charge in [-0.2, -0.15) is 5.10 Å². The van der Waals surface area contributed by atoms with E-state index in [1.54, 1.807) is 18.3 Å². The quantitative estimate of drug-likeness (QED) is 0.891. The number of carbonyl (C=O) groups is 1. The van der Waals surface area contributed by atoms with Crippen LogP contribution in [-0.2, 0) is 17.7 Å². The predicted octanol–water partition coefficient (Wildman–Crippen LogP) is 3.05. The van der Waals surface area contributed by atoms with E-state index in [4.69, 9.17) is 9.47 Å². The SMILES string of the molecule is COc1ncnc(C2CC2)c1-c1n[nH]c2c1CN(C(=O)OC(C)(C)C)CC2. The molecule has 0 spiro atoms. The fourth-order valence-corrected chi connectivity index (χ4v) is 3.41. The number of ether oxygens (including phenoxy) is 2. The summed E-state index contributed by atoms with van der Waals surface area (Å²) in [5.74, 6) is 0.949. The second kappa shape index (κ2) is 6.51. The van der Waals surface area contributed by atoms with Crippen LogP contribution in [0.4, 0.5) is 4.79 Å². The van der Waals surface area contributed by atoms with Gasteiger partial charge in [-0.05, 0) is 33.6 Å². The molecule has 0 radical (unpaired) electrons. The molecule has 4 rings (SSSR count). The van der Waals surface area contributed by atoms with Gasteiger partial charge in [0.15, 0.2) is 0 Å². The van der Waals surface area contributed by atoms with Crippen LogP contribution >= 0.6 is 0 Å². The number of carbonyl (C=O) groups excluding carboxylic acids is 1. The van der Waals surface area contributed by atoms with Gasteiger partial charge in [-0.25, -0.2) is 14.8 Å². The van der Waals surface area contributed by atoms with Crippen molar-refractivity contribution >= 4 is 6.09 Å². The maximum atomic E-state index is 12.5. The Kier molecular flexibility index (Phi) is 4.28. The molecular formula is C19H25N5O3. The number of H-pyrrole nitrogens is 1. The van der Waals surface area contributed by atoms with Gasteiger partial charge in [0.2, 0.25) is 5.88 Å². The Labute approximate surface area is 158 Å². The van der Waals surface area contributed by atoms with Gasteiger partial charge in [-0.1, -0.05) is 0 Å². The Morgan fingerprint density at radius 2 is 2.07 bits per heavy atom. The zero-order valence-corrected chi connectivity index (χ0v) is 16.2. The molecule has 0 saturated heterocycles. The molecule has 1 amide bonds. The van der Waals surface area contributed by atoms with Gasteiger partial charge in [0.05, 0.1) is 24.9 Å². The van der Waals surface area contributed by atoms with Crippen molar-refractivity contribution in [3.63, 3.8) is 0 Å². The lowest BCUT2D eigenvalue weighted by Crippen LogP contribution is -2.39. The van der Waals surface area contributed by atoms with Crippen molar-refractivity contribution in [1.82, 2.24) is 25.1 Å². The molecular weight excluding hydrogens is 346 g/mol. The van der Waals surface area contributed by atoms with Crippen molar-refractivity contribution in [2.45, 2.75) is 58.1 Å². The largest absolute Gasteiger partial charge is 0.480 e. The highest BCUT2D eigenvalue weighted by Gasteiger charge is 2.34. The molecule has 1 aliphatic heterocycles. The first-order chi connectivity index (χ1) is 12.9. The summed E-state index contributed by atoms with van der Waals surface area (Å²) in [4.78, 5) is 23.0. The normalized spacial score (nSPS) is 16.8. The van der Waals surface area contributed by atoms with Crippen LogP contribution in [0.25, 0.3) is 11.3 Å². The number of fused-ring (bicyclic) bond motifs is 1. The van der Waals surface area contributed by atoms with Gasteiger partial charge in [-0.15, -0.1) is 0 Å². The van der Waals surface area contributed by atoms with E-state index in [-0.39, 0.29) is 6.09 Å². The molecule has 2 aromatic heterocycles. The van der Waals surface area contributed by atoms with E-state index < -0.39 is 5.60 Å². The molecule has 0 atom stereocenters. The third-order valence-electron chi connectivity index (χ3n) is 4.82. The fraction of sp³-hybridized carbons (Fsp3) is 0.579. The third kappa shape index (κ3) is 3.48. The lowest BCUT2D eigenvalue weighted by atomic mass is 9.99. The number of aromatic amines is 1. The minimum absolute atomic E-state index is 0.306. The van der Waals surface area contributed by atoms with Crippen molar-refractivity contribution < 1.29 is 14.3 Å². The first-order valence-electron chi connectivity index (χ1n) is 9.30. The van der Waals surface area contributed by atoms with Crippen LogP contribution in [0.5, 0.6) is 5.88 Å². The first kappa shape index (κ1) is 17.8. The molecule has 0 bridgehead atoms. The third-order valence-corrected chi connectivity index (χ3v) is 4.82. The maximum absolute atomic E-state index is 12.5. The number of rotatable bonds is 3. The summed E-state index contributed by atoms with van der Waals surface area (Å²) in [7, 11) is 1.61. The second-order valence-corrected chi connectivity index (χ2v) is 8.10. The lowest BCUT2D eigenvalue weighted by molar-refractivity contribution is 0.0224. The highest BCUT2D eigenvalue weighted by Crippen LogP contribution is 2.46. The van der Waals surface area contributed by atoms with Crippen LogP contribution < -0.4 is 4.74 Å². The molecule has 8 nitrogen and oxygen atoms in total. The standard InChI is InChI=1S/C19H25N5O3/c1-19(2,3)27-18(25)24-8-7-13-12(9-24)16(23-22-13)14-15(11-5-6-11)20-10-21-17(14)26-4/h10-11H,5-9H2,1-4H3,(H,22,23). The molecule has 144 valence electrons. The van der Waals surface area contributed by atoms with Crippen LogP contribution in [0.15, 0.2) is 6.33 Å². The number of amides is 1. The molecule has 1 fully saturated rings. The van der Waals surface area contributed by atoms with E-state index in [1.807, 2.05) is 20.8 Å². The van der Waals surface area contributed by atoms with E-state index in [0.717, 1.165) is 41.1 Å². The summed E-state index contributed by atoms with van der Waals surface area (Å²) in [5.41, 5.74) is 4.10. The van der Waals surface area contributed by atoms with Crippen molar-refractivity contribution in [3.05, 3.63) is 23.3 Å². The minimum Gasteiger partial charge on any atom is -0.480 e. The average Bonchev–Trinajstić information content (AvgIpc) is 3.39. The van der Waals surface area contributed by atoms with E-state index in [2.05, 4.69) is 20.2 Å². The van der Waals surface area contributed by atoms with Crippen LogP contribution in [0.2, 0.25) is 0 Å². The molecule has 0 unspecified atom stereocenters. The van der Waals surface area contributed by atoms with E-state index in [9.17, 15) is 4.79 Å². The molecule has 8 heteroatoms. The number of methoxy groups -OCH3 is 1. The van der Waals surface area contributed by atoms with E-state index >= 15 is 0 Å². The Morgan fingerprint density at radius 1 is 1.30 bits per heavy atom. The van der Waals surface area contributed by atoms with Crippen LogP contribution in [-0.4, -0.2) is 50.4 Å². The monoisotopic (exact) mass is 371 g/mol.